The Hall–Kier alpha value is -0.990. The summed E-state index contributed by atoms with van der Waals surface area (Å²) in [6.45, 7) is 0. The van der Waals surface area contributed by atoms with Gasteiger partial charge in [-0.3, -0.25) is 4.98 Å². The first kappa shape index (κ1) is 8.60. The maximum atomic E-state index is 5.96. The van der Waals surface area contributed by atoms with E-state index in [-0.39, 0.29) is 0 Å². The van der Waals surface area contributed by atoms with Gasteiger partial charge in [-0.1, -0.05) is 23.2 Å². The van der Waals surface area contributed by atoms with Crippen LogP contribution >= 0.6 is 23.2 Å². The van der Waals surface area contributed by atoms with Gasteiger partial charge in [0.2, 0.25) is 0 Å². The lowest BCUT2D eigenvalue weighted by Gasteiger charge is -1.99. The third kappa shape index (κ3) is 1.69. The molecule has 0 aliphatic carbocycles. The largest absolute Gasteiger partial charge is 0.367 e. The number of rotatable bonds is 1. The zero-order chi connectivity index (χ0) is 9.26. The van der Waals surface area contributed by atoms with Crippen molar-refractivity contribution in [1.82, 2.24) is 9.97 Å². The molecule has 0 atom stereocenters. The summed E-state index contributed by atoms with van der Waals surface area (Å²) >= 11 is 11.7. The van der Waals surface area contributed by atoms with Crippen molar-refractivity contribution in [3.8, 4) is 11.3 Å². The SMILES string of the molecule is Clc1cnc(-c2cc[nH]c2)c(Cl)c1. The van der Waals surface area contributed by atoms with Gasteiger partial charge in [0.25, 0.3) is 0 Å². The maximum absolute atomic E-state index is 5.96. The highest BCUT2D eigenvalue weighted by Gasteiger charge is 2.05. The lowest BCUT2D eigenvalue weighted by molar-refractivity contribution is 1.32. The molecule has 0 unspecified atom stereocenters. The molecule has 13 heavy (non-hydrogen) atoms. The molecule has 0 radical (unpaired) electrons. The van der Waals surface area contributed by atoms with Crippen molar-refractivity contribution in [2.45, 2.75) is 0 Å². The Morgan fingerprint density at radius 2 is 2.15 bits per heavy atom. The number of hydrogen-bond donors (Lipinski definition) is 1. The first-order valence-electron chi connectivity index (χ1n) is 3.71. The number of hydrogen-bond acceptors (Lipinski definition) is 1. The predicted octanol–water partition coefficient (Wildman–Crippen LogP) is 3.38. The molecule has 2 aromatic heterocycles. The molecule has 0 aliphatic rings. The number of H-pyrrole nitrogens is 1. The second-order valence-corrected chi connectivity index (χ2v) is 3.43. The van der Waals surface area contributed by atoms with E-state index in [0.29, 0.717) is 10.0 Å². The normalized spacial score (nSPS) is 10.3. The third-order valence-corrected chi connectivity index (χ3v) is 2.17. The molecular weight excluding hydrogens is 207 g/mol. The number of nitrogens with zero attached hydrogens (tertiary/aromatic N) is 1. The van der Waals surface area contributed by atoms with Gasteiger partial charge in [-0.15, -0.1) is 0 Å². The van der Waals surface area contributed by atoms with Crippen molar-refractivity contribution in [2.75, 3.05) is 0 Å². The van der Waals surface area contributed by atoms with Crippen LogP contribution in [0.4, 0.5) is 0 Å². The van der Waals surface area contributed by atoms with Gasteiger partial charge in [0.1, 0.15) is 0 Å². The molecule has 0 aliphatic heterocycles. The monoisotopic (exact) mass is 212 g/mol. The summed E-state index contributed by atoms with van der Waals surface area (Å²) in [5, 5.41) is 1.11. The second-order valence-electron chi connectivity index (χ2n) is 2.58. The minimum atomic E-state index is 0.546. The topological polar surface area (TPSA) is 28.7 Å². The zero-order valence-electron chi connectivity index (χ0n) is 6.59. The summed E-state index contributed by atoms with van der Waals surface area (Å²) in [5.41, 5.74) is 1.70. The number of nitrogens with one attached hydrogen (secondary N) is 1. The minimum Gasteiger partial charge on any atom is -0.367 e. The molecule has 0 aromatic carbocycles. The molecule has 66 valence electrons. The van der Waals surface area contributed by atoms with Gasteiger partial charge in [0, 0.05) is 24.2 Å². The molecule has 0 saturated heterocycles. The fourth-order valence-corrected chi connectivity index (χ4v) is 1.59. The van der Waals surface area contributed by atoms with Crippen molar-refractivity contribution < 1.29 is 0 Å². The molecule has 4 heteroatoms. The Labute approximate surface area is 85.5 Å². The quantitative estimate of drug-likeness (QED) is 0.772. The summed E-state index contributed by atoms with van der Waals surface area (Å²) < 4.78 is 0. The van der Waals surface area contributed by atoms with Gasteiger partial charge in [-0.2, -0.15) is 0 Å². The minimum absolute atomic E-state index is 0.546. The van der Waals surface area contributed by atoms with Crippen LogP contribution in [0.15, 0.2) is 30.7 Å². The van der Waals surface area contributed by atoms with E-state index in [1.165, 1.54) is 0 Å². The van der Waals surface area contributed by atoms with Gasteiger partial charge < -0.3 is 4.98 Å². The van der Waals surface area contributed by atoms with Crippen LogP contribution in [0.5, 0.6) is 0 Å². The van der Waals surface area contributed by atoms with Crippen molar-refractivity contribution in [1.29, 1.82) is 0 Å². The average Bonchev–Trinajstić information content (AvgIpc) is 2.56. The Balaban J connectivity index is 2.53. The first-order chi connectivity index (χ1) is 6.27. The molecular formula is C9H6Cl2N2. The van der Waals surface area contributed by atoms with E-state index in [1.807, 2.05) is 18.5 Å². The van der Waals surface area contributed by atoms with Crippen LogP contribution in [-0.2, 0) is 0 Å². The van der Waals surface area contributed by atoms with Gasteiger partial charge in [-0.05, 0) is 12.1 Å². The molecule has 0 spiro atoms. The van der Waals surface area contributed by atoms with E-state index in [9.17, 15) is 0 Å². The van der Waals surface area contributed by atoms with E-state index in [1.54, 1.807) is 12.3 Å². The summed E-state index contributed by atoms with van der Waals surface area (Å²) in [5.74, 6) is 0. The first-order valence-corrected chi connectivity index (χ1v) is 4.47. The van der Waals surface area contributed by atoms with E-state index in [0.717, 1.165) is 11.3 Å². The Morgan fingerprint density at radius 3 is 2.77 bits per heavy atom. The highest BCUT2D eigenvalue weighted by Crippen LogP contribution is 2.27. The number of aromatic nitrogens is 2. The molecule has 2 nitrogen and oxygen atoms in total. The lowest BCUT2D eigenvalue weighted by Crippen LogP contribution is -1.82. The van der Waals surface area contributed by atoms with Gasteiger partial charge in [0.05, 0.1) is 15.7 Å². The van der Waals surface area contributed by atoms with Gasteiger partial charge in [-0.25, -0.2) is 0 Å². The van der Waals surface area contributed by atoms with Gasteiger partial charge >= 0.3 is 0 Å². The van der Waals surface area contributed by atoms with Crippen LogP contribution in [0.3, 0.4) is 0 Å². The van der Waals surface area contributed by atoms with Crippen LogP contribution in [0.25, 0.3) is 11.3 Å². The van der Waals surface area contributed by atoms with Crippen molar-refractivity contribution >= 4 is 23.2 Å². The van der Waals surface area contributed by atoms with E-state index in [2.05, 4.69) is 9.97 Å². The number of aromatic amines is 1. The van der Waals surface area contributed by atoms with Crippen LogP contribution in [0.2, 0.25) is 10.0 Å². The van der Waals surface area contributed by atoms with E-state index >= 15 is 0 Å². The fraction of sp³-hybridized carbons (Fsp3) is 0. The lowest BCUT2D eigenvalue weighted by atomic mass is 10.2. The molecule has 0 bridgehead atoms. The summed E-state index contributed by atoms with van der Waals surface area (Å²) in [7, 11) is 0. The third-order valence-electron chi connectivity index (χ3n) is 1.68. The molecule has 2 heterocycles. The Morgan fingerprint density at radius 1 is 1.31 bits per heavy atom. The second kappa shape index (κ2) is 3.40. The highest BCUT2D eigenvalue weighted by molar-refractivity contribution is 6.36. The fourth-order valence-electron chi connectivity index (χ4n) is 1.10. The standard InChI is InChI=1S/C9H6Cl2N2/c10-7-3-8(11)9(13-5-7)6-1-2-12-4-6/h1-5,12H. The summed E-state index contributed by atoms with van der Waals surface area (Å²) in [4.78, 5) is 7.07. The zero-order valence-corrected chi connectivity index (χ0v) is 8.10. The summed E-state index contributed by atoms with van der Waals surface area (Å²) in [6, 6.07) is 3.58. The molecule has 0 saturated carbocycles. The average molecular weight is 213 g/mol. The van der Waals surface area contributed by atoms with Crippen molar-refractivity contribution in [2.24, 2.45) is 0 Å². The van der Waals surface area contributed by atoms with E-state index in [4.69, 9.17) is 23.2 Å². The number of pyridine rings is 1. The van der Waals surface area contributed by atoms with Crippen LogP contribution in [-0.4, -0.2) is 9.97 Å². The Bertz CT molecular complexity index is 410. The van der Waals surface area contributed by atoms with Crippen LogP contribution < -0.4 is 0 Å². The summed E-state index contributed by atoms with van der Waals surface area (Å²) in [6.07, 6.45) is 5.24. The molecule has 1 N–H and O–H groups in total. The van der Waals surface area contributed by atoms with Crippen LogP contribution in [0.1, 0.15) is 0 Å². The molecule has 0 amide bonds. The maximum Gasteiger partial charge on any atom is 0.0904 e. The smallest absolute Gasteiger partial charge is 0.0904 e. The van der Waals surface area contributed by atoms with Crippen molar-refractivity contribution in [3.63, 3.8) is 0 Å². The molecule has 0 fully saturated rings. The van der Waals surface area contributed by atoms with Crippen molar-refractivity contribution in [3.05, 3.63) is 40.8 Å². The van der Waals surface area contributed by atoms with E-state index < -0.39 is 0 Å². The Kier molecular flexibility index (Phi) is 2.25. The predicted molar refractivity (Wildman–Crippen MR) is 54.0 cm³/mol. The number of halogens is 2. The van der Waals surface area contributed by atoms with Gasteiger partial charge in [0.15, 0.2) is 0 Å². The molecule has 2 rings (SSSR count). The highest BCUT2D eigenvalue weighted by atomic mass is 35.5. The van der Waals surface area contributed by atoms with Crippen LogP contribution in [0, 0.1) is 0 Å². The molecule has 2 aromatic rings.